The average Bonchev–Trinajstić information content (AvgIpc) is 2.85. The molecule has 1 heterocycles. The Bertz CT molecular complexity index is 537. The smallest absolute Gasteiger partial charge is 0.226 e. The Balaban J connectivity index is 1.96. The SMILES string of the molecule is CC(O)CCN(C)Cc1coc(-c2ccc(Br)cc2)n1. The molecule has 0 aliphatic rings. The molecule has 20 heavy (non-hydrogen) atoms. The highest BCUT2D eigenvalue weighted by Crippen LogP contribution is 2.21. The number of rotatable bonds is 6. The fourth-order valence-electron chi connectivity index (χ4n) is 1.87. The molecule has 1 aromatic carbocycles. The van der Waals surface area contributed by atoms with Crippen molar-refractivity contribution in [1.82, 2.24) is 9.88 Å². The Morgan fingerprint density at radius 3 is 2.70 bits per heavy atom. The molecule has 0 bridgehead atoms. The topological polar surface area (TPSA) is 49.5 Å². The van der Waals surface area contributed by atoms with Crippen LogP contribution in [-0.2, 0) is 6.54 Å². The summed E-state index contributed by atoms with van der Waals surface area (Å²) in [4.78, 5) is 6.61. The maximum atomic E-state index is 9.28. The summed E-state index contributed by atoms with van der Waals surface area (Å²) < 4.78 is 6.55. The molecule has 0 spiro atoms. The van der Waals surface area contributed by atoms with Crippen LogP contribution >= 0.6 is 15.9 Å². The van der Waals surface area contributed by atoms with E-state index < -0.39 is 0 Å². The second-order valence-electron chi connectivity index (χ2n) is 5.03. The van der Waals surface area contributed by atoms with Crippen molar-refractivity contribution in [2.75, 3.05) is 13.6 Å². The number of oxazole rings is 1. The predicted molar refractivity (Wildman–Crippen MR) is 82.3 cm³/mol. The summed E-state index contributed by atoms with van der Waals surface area (Å²) in [6.45, 7) is 3.35. The van der Waals surface area contributed by atoms with Gasteiger partial charge in [0, 0.05) is 23.1 Å². The van der Waals surface area contributed by atoms with E-state index in [-0.39, 0.29) is 6.10 Å². The molecule has 1 aromatic heterocycles. The molecule has 1 N–H and O–H groups in total. The van der Waals surface area contributed by atoms with Crippen LogP contribution in [0, 0.1) is 0 Å². The average molecular weight is 339 g/mol. The molecule has 0 radical (unpaired) electrons. The Labute approximate surface area is 127 Å². The van der Waals surface area contributed by atoms with E-state index in [2.05, 4.69) is 25.8 Å². The van der Waals surface area contributed by atoms with E-state index in [9.17, 15) is 5.11 Å². The van der Waals surface area contributed by atoms with Crippen LogP contribution in [-0.4, -0.2) is 34.7 Å². The van der Waals surface area contributed by atoms with Gasteiger partial charge < -0.3 is 14.4 Å². The summed E-state index contributed by atoms with van der Waals surface area (Å²) in [5, 5.41) is 9.28. The molecular weight excluding hydrogens is 320 g/mol. The predicted octanol–water partition coefficient (Wildman–Crippen LogP) is 3.31. The van der Waals surface area contributed by atoms with Gasteiger partial charge in [0.1, 0.15) is 6.26 Å². The molecule has 1 atom stereocenters. The molecule has 5 heteroatoms. The molecule has 0 saturated heterocycles. The molecular formula is C15H19BrN2O2. The van der Waals surface area contributed by atoms with Crippen LogP contribution in [0.2, 0.25) is 0 Å². The Kier molecular flexibility index (Phi) is 5.34. The third kappa shape index (κ3) is 4.44. The molecule has 2 aromatic rings. The third-order valence-electron chi connectivity index (χ3n) is 3.00. The van der Waals surface area contributed by atoms with E-state index in [1.807, 2.05) is 31.3 Å². The van der Waals surface area contributed by atoms with Crippen LogP contribution in [0.3, 0.4) is 0 Å². The van der Waals surface area contributed by atoms with Crippen LogP contribution < -0.4 is 0 Å². The van der Waals surface area contributed by atoms with Crippen LogP contribution in [0.1, 0.15) is 19.0 Å². The Morgan fingerprint density at radius 2 is 2.05 bits per heavy atom. The number of aliphatic hydroxyl groups excluding tert-OH is 1. The first-order valence-electron chi connectivity index (χ1n) is 6.61. The molecule has 0 fully saturated rings. The molecule has 0 saturated carbocycles. The molecule has 0 amide bonds. The number of aromatic nitrogens is 1. The van der Waals surface area contributed by atoms with Gasteiger partial charge in [0.05, 0.1) is 11.8 Å². The van der Waals surface area contributed by atoms with Gasteiger partial charge in [-0.25, -0.2) is 4.98 Å². The summed E-state index contributed by atoms with van der Waals surface area (Å²) in [6.07, 6.45) is 2.18. The summed E-state index contributed by atoms with van der Waals surface area (Å²) in [6, 6.07) is 7.87. The van der Waals surface area contributed by atoms with Crippen molar-refractivity contribution in [1.29, 1.82) is 0 Å². The Hall–Kier alpha value is -1.17. The zero-order chi connectivity index (χ0) is 14.5. The van der Waals surface area contributed by atoms with Crippen molar-refractivity contribution in [3.05, 3.63) is 40.7 Å². The lowest BCUT2D eigenvalue weighted by Gasteiger charge is -2.15. The Morgan fingerprint density at radius 1 is 1.35 bits per heavy atom. The summed E-state index contributed by atoms with van der Waals surface area (Å²) in [7, 11) is 2.01. The summed E-state index contributed by atoms with van der Waals surface area (Å²) >= 11 is 3.41. The minimum atomic E-state index is -0.270. The lowest BCUT2D eigenvalue weighted by Crippen LogP contribution is -2.22. The molecule has 1 unspecified atom stereocenters. The highest BCUT2D eigenvalue weighted by Gasteiger charge is 2.09. The zero-order valence-corrected chi connectivity index (χ0v) is 13.3. The monoisotopic (exact) mass is 338 g/mol. The van der Waals surface area contributed by atoms with E-state index in [0.717, 1.165) is 28.7 Å². The van der Waals surface area contributed by atoms with E-state index in [1.54, 1.807) is 13.2 Å². The van der Waals surface area contributed by atoms with Crippen LogP contribution in [0.25, 0.3) is 11.5 Å². The highest BCUT2D eigenvalue weighted by molar-refractivity contribution is 9.10. The number of nitrogens with zero attached hydrogens (tertiary/aromatic N) is 2. The number of aliphatic hydroxyl groups is 1. The van der Waals surface area contributed by atoms with Crippen molar-refractivity contribution in [3.8, 4) is 11.5 Å². The number of halogens is 1. The minimum Gasteiger partial charge on any atom is -0.444 e. The van der Waals surface area contributed by atoms with Crippen molar-refractivity contribution in [2.24, 2.45) is 0 Å². The third-order valence-corrected chi connectivity index (χ3v) is 3.53. The lowest BCUT2D eigenvalue weighted by molar-refractivity contribution is 0.162. The first-order valence-corrected chi connectivity index (χ1v) is 7.41. The van der Waals surface area contributed by atoms with Crippen molar-refractivity contribution >= 4 is 15.9 Å². The molecule has 2 rings (SSSR count). The highest BCUT2D eigenvalue weighted by atomic mass is 79.9. The molecule has 108 valence electrons. The van der Waals surface area contributed by atoms with Crippen molar-refractivity contribution < 1.29 is 9.52 Å². The van der Waals surface area contributed by atoms with E-state index in [1.165, 1.54) is 0 Å². The first kappa shape index (κ1) is 15.2. The van der Waals surface area contributed by atoms with Crippen molar-refractivity contribution in [2.45, 2.75) is 26.0 Å². The second-order valence-corrected chi connectivity index (χ2v) is 5.94. The van der Waals surface area contributed by atoms with Gasteiger partial charge in [-0.2, -0.15) is 0 Å². The minimum absolute atomic E-state index is 0.270. The zero-order valence-electron chi connectivity index (χ0n) is 11.7. The number of benzene rings is 1. The van der Waals surface area contributed by atoms with Crippen LogP contribution in [0.4, 0.5) is 0 Å². The quantitative estimate of drug-likeness (QED) is 0.877. The first-order chi connectivity index (χ1) is 9.54. The molecule has 0 aliphatic carbocycles. The van der Waals surface area contributed by atoms with Gasteiger partial charge in [-0.1, -0.05) is 15.9 Å². The van der Waals surface area contributed by atoms with Gasteiger partial charge in [-0.05, 0) is 44.7 Å². The maximum absolute atomic E-state index is 9.28. The normalized spacial score (nSPS) is 12.8. The summed E-state index contributed by atoms with van der Waals surface area (Å²) in [5.41, 5.74) is 1.86. The number of hydrogen-bond acceptors (Lipinski definition) is 4. The van der Waals surface area contributed by atoms with Gasteiger partial charge in [0.15, 0.2) is 0 Å². The lowest BCUT2D eigenvalue weighted by atomic mass is 10.2. The standard InChI is InChI=1S/C15H19BrN2O2/c1-11(19)7-8-18(2)9-14-10-20-15(17-14)12-3-5-13(16)6-4-12/h3-6,10-11,19H,7-9H2,1-2H3. The van der Waals surface area contributed by atoms with Crippen LogP contribution in [0.15, 0.2) is 39.4 Å². The number of hydrogen-bond donors (Lipinski definition) is 1. The van der Waals surface area contributed by atoms with Crippen LogP contribution in [0.5, 0.6) is 0 Å². The molecule has 0 aliphatic heterocycles. The fourth-order valence-corrected chi connectivity index (χ4v) is 2.13. The maximum Gasteiger partial charge on any atom is 0.226 e. The van der Waals surface area contributed by atoms with E-state index in [0.29, 0.717) is 12.4 Å². The summed E-state index contributed by atoms with van der Waals surface area (Å²) in [5.74, 6) is 0.636. The van der Waals surface area contributed by atoms with Gasteiger partial charge in [-0.15, -0.1) is 0 Å². The van der Waals surface area contributed by atoms with Crippen molar-refractivity contribution in [3.63, 3.8) is 0 Å². The van der Waals surface area contributed by atoms with Gasteiger partial charge >= 0.3 is 0 Å². The molecule has 4 nitrogen and oxygen atoms in total. The van der Waals surface area contributed by atoms with Gasteiger partial charge in [-0.3, -0.25) is 0 Å². The fraction of sp³-hybridized carbons (Fsp3) is 0.400. The van der Waals surface area contributed by atoms with E-state index in [4.69, 9.17) is 4.42 Å². The van der Waals surface area contributed by atoms with E-state index >= 15 is 0 Å². The van der Waals surface area contributed by atoms with Gasteiger partial charge in [0.25, 0.3) is 0 Å². The van der Waals surface area contributed by atoms with Gasteiger partial charge in [0.2, 0.25) is 5.89 Å². The second kappa shape index (κ2) is 7.02. The largest absolute Gasteiger partial charge is 0.444 e.